The number of halogens is 5. The first-order chi connectivity index (χ1) is 51.7. The van der Waals surface area contributed by atoms with Crippen molar-refractivity contribution in [2.75, 3.05) is 44.4 Å². The third-order valence-corrected chi connectivity index (χ3v) is 18.0. The number of rotatable bonds is 22. The van der Waals surface area contributed by atoms with E-state index in [0.29, 0.717) is 81.5 Å². The third kappa shape index (κ3) is 15.9. The van der Waals surface area contributed by atoms with Crippen molar-refractivity contribution >= 4 is 46.4 Å². The fourth-order valence-electron chi connectivity index (χ4n) is 12.1. The summed E-state index contributed by atoms with van der Waals surface area (Å²) >= 11 is 6.14. The molecular formula is C82H72ClF4N15O4. The number of hydrogen-bond donors (Lipinski definition) is 3. The van der Waals surface area contributed by atoms with Gasteiger partial charge in [0.15, 0.2) is 11.5 Å². The molecule has 0 amide bonds. The summed E-state index contributed by atoms with van der Waals surface area (Å²) in [7, 11) is 6.47. The van der Waals surface area contributed by atoms with E-state index < -0.39 is 5.82 Å². The summed E-state index contributed by atoms with van der Waals surface area (Å²) < 4.78 is 82.7. The normalized spacial score (nSPS) is 11.1. The molecule has 0 spiro atoms. The molecular weight excluding hydrogens is 1370 g/mol. The summed E-state index contributed by atoms with van der Waals surface area (Å²) in [4.78, 5) is 42.0. The lowest BCUT2D eigenvalue weighted by atomic mass is 10.1. The number of aromatic nitrogens is 12. The highest BCUT2D eigenvalue weighted by atomic mass is 35.5. The molecule has 0 radical (unpaired) electrons. The Morgan fingerprint density at radius 1 is 0.387 bits per heavy atom. The van der Waals surface area contributed by atoms with Crippen molar-refractivity contribution < 1.29 is 36.5 Å². The number of methoxy groups -OCH3 is 4. The number of nitrogens with zero attached hydrogens (tertiary/aromatic N) is 12. The second-order valence-corrected chi connectivity index (χ2v) is 24.6. The van der Waals surface area contributed by atoms with Gasteiger partial charge in [0, 0.05) is 101 Å². The van der Waals surface area contributed by atoms with Crippen LogP contribution in [0.2, 0.25) is 5.02 Å². The molecule has 0 aliphatic carbocycles. The zero-order valence-corrected chi connectivity index (χ0v) is 59.7. The number of fused-ring (bicyclic) bond motifs is 3. The zero-order chi connectivity index (χ0) is 73.8. The number of nitrogens with one attached hydrogen (secondary N) is 3. The highest BCUT2D eigenvalue weighted by molar-refractivity contribution is 6.31. The smallest absolute Gasteiger partial charge is 0.223 e. The van der Waals surface area contributed by atoms with Gasteiger partial charge in [-0.3, -0.25) is 13.2 Å². The first-order valence-electron chi connectivity index (χ1n) is 34.1. The average molecular weight is 1440 g/mol. The minimum atomic E-state index is -0.400. The monoisotopic (exact) mass is 1440 g/mol. The molecule has 6 aromatic carbocycles. The molecule has 534 valence electrons. The van der Waals surface area contributed by atoms with Crippen molar-refractivity contribution in [3.8, 4) is 90.9 Å². The summed E-state index contributed by atoms with van der Waals surface area (Å²) in [6, 6.07) is 52.7. The molecule has 9 heterocycles. The maximum absolute atomic E-state index is 14.2. The van der Waals surface area contributed by atoms with Crippen LogP contribution in [0.5, 0.6) is 23.0 Å². The quantitative estimate of drug-likeness (QED) is 0.0540. The number of para-hydroxylation sites is 1. The van der Waals surface area contributed by atoms with Gasteiger partial charge in [0.1, 0.15) is 51.7 Å². The molecule has 15 aromatic rings. The molecule has 15 rings (SSSR count). The van der Waals surface area contributed by atoms with Gasteiger partial charge in [-0.05, 0) is 194 Å². The average Bonchev–Trinajstić information content (AvgIpc) is 1.60. The SMILES string of the molecule is CCc1ccn2c(-c3ccnc(NCc4c(F)cccc4Cl)n3)c(-c3ccc(F)cc3)nc2c1.CCc1ccn2c(-c3ccnc(NCc4ccc(OC)cc4OC)n3)c(-c3ccc(F)cc3)nc2c1.CCc1ccn2c(-c3ccnc(NCc4cccc(OC)c4OC)n3)c(-c3ccc(F)cc3)nc2c1. The van der Waals surface area contributed by atoms with E-state index in [4.69, 9.17) is 55.5 Å². The predicted octanol–water partition coefficient (Wildman–Crippen LogP) is 18.1. The van der Waals surface area contributed by atoms with Crippen LogP contribution < -0.4 is 34.9 Å². The van der Waals surface area contributed by atoms with Crippen LogP contribution in [-0.4, -0.2) is 86.5 Å². The molecule has 0 aliphatic heterocycles. The molecule has 0 aliphatic rings. The van der Waals surface area contributed by atoms with E-state index >= 15 is 0 Å². The summed E-state index contributed by atoms with van der Waals surface area (Å²) in [5.41, 5.74) is 17.0. The van der Waals surface area contributed by atoms with Crippen LogP contribution in [-0.2, 0) is 38.9 Å². The number of aryl methyl sites for hydroxylation is 3. The lowest BCUT2D eigenvalue weighted by Crippen LogP contribution is -2.06. The molecule has 0 fully saturated rings. The van der Waals surface area contributed by atoms with E-state index in [1.807, 2.05) is 92.5 Å². The highest BCUT2D eigenvalue weighted by Crippen LogP contribution is 2.38. The second kappa shape index (κ2) is 32.7. The molecule has 0 unspecified atom stereocenters. The van der Waals surface area contributed by atoms with Crippen LogP contribution in [0.4, 0.5) is 35.4 Å². The number of anilines is 3. The van der Waals surface area contributed by atoms with Crippen LogP contribution in [0, 0.1) is 23.3 Å². The molecule has 9 aromatic heterocycles. The lowest BCUT2D eigenvalue weighted by molar-refractivity contribution is 0.352. The van der Waals surface area contributed by atoms with E-state index in [-0.39, 0.29) is 24.0 Å². The van der Waals surface area contributed by atoms with Crippen LogP contribution in [0.1, 0.15) is 54.2 Å². The molecule has 19 nitrogen and oxygen atoms in total. The number of benzene rings is 6. The fourth-order valence-corrected chi connectivity index (χ4v) is 12.3. The Kier molecular flexibility index (Phi) is 22.1. The maximum atomic E-state index is 14.2. The number of imidazole rings is 3. The summed E-state index contributed by atoms with van der Waals surface area (Å²) in [6.45, 7) is 7.34. The number of hydrogen-bond acceptors (Lipinski definition) is 16. The van der Waals surface area contributed by atoms with Crippen molar-refractivity contribution in [3.05, 3.63) is 281 Å². The largest absolute Gasteiger partial charge is 0.497 e. The molecule has 3 N–H and O–H groups in total. The Hall–Kier alpha value is -12.8. The summed E-state index contributed by atoms with van der Waals surface area (Å²) in [6.07, 6.45) is 13.7. The van der Waals surface area contributed by atoms with E-state index in [0.717, 1.165) is 104 Å². The Morgan fingerprint density at radius 3 is 1.18 bits per heavy atom. The van der Waals surface area contributed by atoms with Gasteiger partial charge in [0.2, 0.25) is 17.8 Å². The van der Waals surface area contributed by atoms with Gasteiger partial charge in [-0.25, -0.2) is 62.4 Å². The van der Waals surface area contributed by atoms with Crippen molar-refractivity contribution in [3.63, 3.8) is 0 Å². The number of pyridine rings is 3. The fraction of sp³-hybridized carbons (Fsp3) is 0.159. The zero-order valence-electron chi connectivity index (χ0n) is 58.9. The topological polar surface area (TPSA) is 202 Å². The van der Waals surface area contributed by atoms with Crippen LogP contribution in [0.15, 0.2) is 219 Å². The molecule has 0 bridgehead atoms. The molecule has 106 heavy (non-hydrogen) atoms. The predicted molar refractivity (Wildman–Crippen MR) is 405 cm³/mol. The second-order valence-electron chi connectivity index (χ2n) is 24.2. The van der Waals surface area contributed by atoms with Crippen LogP contribution >= 0.6 is 11.6 Å². The third-order valence-electron chi connectivity index (χ3n) is 17.7. The van der Waals surface area contributed by atoms with Crippen molar-refractivity contribution in [1.29, 1.82) is 0 Å². The number of ether oxygens (including phenoxy) is 4. The molecule has 24 heteroatoms. The van der Waals surface area contributed by atoms with Crippen molar-refractivity contribution in [2.45, 2.75) is 59.7 Å². The first kappa shape index (κ1) is 71.6. The highest BCUT2D eigenvalue weighted by Gasteiger charge is 2.23. The van der Waals surface area contributed by atoms with Gasteiger partial charge in [-0.15, -0.1) is 0 Å². The van der Waals surface area contributed by atoms with Gasteiger partial charge >= 0.3 is 0 Å². The van der Waals surface area contributed by atoms with Gasteiger partial charge < -0.3 is 34.9 Å². The minimum Gasteiger partial charge on any atom is -0.497 e. The lowest BCUT2D eigenvalue weighted by Gasteiger charge is -2.13. The Morgan fingerprint density at radius 2 is 0.792 bits per heavy atom. The standard InChI is InChI=1S/2C28H26FN5O2.C26H20ClF2N5/c1-4-18-12-14-34-25(15-18)33-26(19-5-8-21(29)9-6-19)27(34)23-11-13-30-28(32-23)31-17-20-7-10-22(35-2)16-24(20)36-3;1-4-18-13-15-34-24(16-18)33-25(19-8-10-21(29)11-9-19)26(34)22-12-14-30-28(32-22)31-17-20-6-5-7-23(35-2)27(20)36-3;1-2-16-11-13-34-23(14-16)33-24(17-6-8-18(28)9-7-17)25(34)22-10-12-30-26(32-22)31-15-19-20(27)4-3-5-21(19)29/h2*5-16H,4,17H2,1-3H3,(H,30,31,32);3-14H,2,15H2,1H3,(H,30,31,32). The van der Waals surface area contributed by atoms with Gasteiger partial charge in [0.25, 0.3) is 0 Å². The van der Waals surface area contributed by atoms with Crippen molar-refractivity contribution in [1.82, 2.24) is 58.1 Å². The maximum Gasteiger partial charge on any atom is 0.223 e. The molecule has 0 saturated heterocycles. The van der Waals surface area contributed by atoms with E-state index in [1.165, 1.54) is 53.6 Å². The van der Waals surface area contributed by atoms with E-state index in [9.17, 15) is 17.6 Å². The Bertz CT molecular complexity index is 5580. The van der Waals surface area contributed by atoms with E-state index in [2.05, 4.69) is 80.9 Å². The van der Waals surface area contributed by atoms with Gasteiger partial charge in [-0.1, -0.05) is 50.6 Å². The van der Waals surface area contributed by atoms with Crippen LogP contribution in [0.3, 0.4) is 0 Å². The first-order valence-corrected chi connectivity index (χ1v) is 34.5. The minimum absolute atomic E-state index is 0.132. The van der Waals surface area contributed by atoms with Crippen molar-refractivity contribution in [2.24, 2.45) is 0 Å². The van der Waals surface area contributed by atoms with Crippen LogP contribution in [0.25, 0.3) is 84.9 Å². The van der Waals surface area contributed by atoms with Gasteiger partial charge in [0.05, 0.1) is 79.7 Å². The van der Waals surface area contributed by atoms with Gasteiger partial charge in [-0.2, -0.15) is 0 Å². The molecule has 0 saturated carbocycles. The Labute approximate surface area is 613 Å². The summed E-state index contributed by atoms with van der Waals surface area (Å²) in [5.74, 6) is 2.71. The molecule has 0 atom stereocenters. The Balaban J connectivity index is 0.000000141. The van der Waals surface area contributed by atoms with E-state index in [1.54, 1.807) is 102 Å². The summed E-state index contributed by atoms with van der Waals surface area (Å²) in [5, 5.41) is 9.95.